The number of aliphatic imine (C=N–C) groups is 1. The molecule has 21 heavy (non-hydrogen) atoms. The van der Waals surface area contributed by atoms with E-state index in [9.17, 15) is 13.2 Å². The lowest BCUT2D eigenvalue weighted by Crippen LogP contribution is -2.41. The summed E-state index contributed by atoms with van der Waals surface area (Å²) in [5, 5.41) is 5.83. The summed E-state index contributed by atoms with van der Waals surface area (Å²) in [4.78, 5) is 3.95. The Morgan fingerprint density at radius 1 is 1.10 bits per heavy atom. The van der Waals surface area contributed by atoms with E-state index in [0.29, 0.717) is 11.9 Å². The number of halogens is 4. The molecule has 0 aromatic carbocycles. The van der Waals surface area contributed by atoms with Crippen molar-refractivity contribution in [1.82, 2.24) is 10.6 Å². The van der Waals surface area contributed by atoms with Gasteiger partial charge in [-0.15, -0.1) is 24.0 Å². The molecule has 0 aromatic heterocycles. The summed E-state index contributed by atoms with van der Waals surface area (Å²) < 4.78 is 36.2. The fourth-order valence-corrected chi connectivity index (χ4v) is 2.63. The lowest BCUT2D eigenvalue weighted by molar-refractivity contribution is -0.132. The maximum absolute atomic E-state index is 12.1. The lowest BCUT2D eigenvalue weighted by atomic mass is 9.81. The van der Waals surface area contributed by atoms with Crippen LogP contribution >= 0.6 is 24.0 Å². The molecule has 0 saturated heterocycles. The van der Waals surface area contributed by atoms with Gasteiger partial charge in [-0.3, -0.25) is 4.99 Å². The molecule has 0 atom stereocenters. The van der Waals surface area contributed by atoms with Crippen molar-refractivity contribution < 1.29 is 13.2 Å². The van der Waals surface area contributed by atoms with Gasteiger partial charge in [-0.05, 0) is 24.7 Å². The fraction of sp³-hybridized carbons (Fsp3) is 0.929. The average Bonchev–Trinajstić information content (AvgIpc) is 2.42. The second-order valence-electron chi connectivity index (χ2n) is 5.54. The molecule has 0 bridgehead atoms. The Balaban J connectivity index is 0.00000400. The van der Waals surface area contributed by atoms with Crippen LogP contribution in [-0.2, 0) is 0 Å². The monoisotopic (exact) mass is 421 g/mol. The summed E-state index contributed by atoms with van der Waals surface area (Å²) in [6, 6.07) is 0. The Morgan fingerprint density at radius 3 is 2.14 bits per heavy atom. The van der Waals surface area contributed by atoms with E-state index in [-0.39, 0.29) is 30.5 Å². The molecule has 0 spiro atoms. The number of alkyl halides is 3. The molecular weight excluding hydrogens is 394 g/mol. The minimum absolute atomic E-state index is 0. The Kier molecular flexibility index (Phi) is 10.4. The Hall–Kier alpha value is -0.210. The van der Waals surface area contributed by atoms with E-state index in [1.807, 2.05) is 0 Å². The predicted octanol–water partition coefficient (Wildman–Crippen LogP) is 3.94. The highest BCUT2D eigenvalue weighted by atomic mass is 127. The smallest absolute Gasteiger partial charge is 0.356 e. The standard InChI is InChI=1S/C14H26F3N3.HI/c1-3-11-4-6-12(7-5-11)10-20-13(18-2)19-9-8-14(15,16)17;/h11-12H,3-10H2,1-2H3,(H2,18,19,20);1H. The van der Waals surface area contributed by atoms with Crippen molar-refractivity contribution in [3.8, 4) is 0 Å². The number of nitrogens with one attached hydrogen (secondary N) is 2. The van der Waals surface area contributed by atoms with Gasteiger partial charge in [0.15, 0.2) is 5.96 Å². The van der Waals surface area contributed by atoms with E-state index >= 15 is 0 Å². The molecule has 1 saturated carbocycles. The van der Waals surface area contributed by atoms with Crippen LogP contribution in [0.2, 0.25) is 0 Å². The summed E-state index contributed by atoms with van der Waals surface area (Å²) in [6.07, 6.45) is 1.22. The molecule has 1 aliphatic carbocycles. The largest absolute Gasteiger partial charge is 0.390 e. The third kappa shape index (κ3) is 9.42. The summed E-state index contributed by atoms with van der Waals surface area (Å²) in [5.74, 6) is 1.93. The first kappa shape index (κ1) is 20.8. The third-order valence-electron chi connectivity index (χ3n) is 4.03. The third-order valence-corrected chi connectivity index (χ3v) is 4.03. The van der Waals surface area contributed by atoms with Crippen LogP contribution in [-0.4, -0.2) is 32.3 Å². The van der Waals surface area contributed by atoms with Crippen LogP contribution in [0, 0.1) is 11.8 Å². The van der Waals surface area contributed by atoms with Crippen LogP contribution in [0.5, 0.6) is 0 Å². The fourth-order valence-electron chi connectivity index (χ4n) is 2.63. The quantitative estimate of drug-likeness (QED) is 0.401. The molecular formula is C14H27F3IN3. The molecule has 1 aliphatic rings. The Labute approximate surface area is 142 Å². The van der Waals surface area contributed by atoms with Crippen LogP contribution in [0.15, 0.2) is 4.99 Å². The number of hydrogen-bond acceptors (Lipinski definition) is 1. The molecule has 2 N–H and O–H groups in total. The number of guanidine groups is 1. The summed E-state index contributed by atoms with van der Waals surface area (Å²) in [7, 11) is 1.58. The molecule has 0 radical (unpaired) electrons. The average molecular weight is 421 g/mol. The molecule has 0 aliphatic heterocycles. The van der Waals surface area contributed by atoms with Crippen molar-refractivity contribution in [3.05, 3.63) is 0 Å². The number of nitrogens with zero attached hydrogens (tertiary/aromatic N) is 1. The van der Waals surface area contributed by atoms with Gasteiger partial charge in [-0.25, -0.2) is 0 Å². The normalized spacial score (nSPS) is 23.4. The van der Waals surface area contributed by atoms with Gasteiger partial charge in [-0.2, -0.15) is 13.2 Å². The van der Waals surface area contributed by atoms with Gasteiger partial charge in [0.1, 0.15) is 0 Å². The van der Waals surface area contributed by atoms with Crippen LogP contribution in [0.1, 0.15) is 45.4 Å². The Bertz CT molecular complexity index is 300. The van der Waals surface area contributed by atoms with Gasteiger partial charge >= 0.3 is 6.18 Å². The van der Waals surface area contributed by atoms with Gasteiger partial charge in [0.05, 0.1) is 6.42 Å². The van der Waals surface area contributed by atoms with Crippen molar-refractivity contribution in [1.29, 1.82) is 0 Å². The van der Waals surface area contributed by atoms with E-state index in [1.165, 1.54) is 32.1 Å². The molecule has 7 heteroatoms. The molecule has 0 amide bonds. The molecule has 1 rings (SSSR count). The maximum Gasteiger partial charge on any atom is 0.390 e. The van der Waals surface area contributed by atoms with Crippen molar-refractivity contribution >= 4 is 29.9 Å². The topological polar surface area (TPSA) is 36.4 Å². The zero-order valence-corrected chi connectivity index (χ0v) is 15.1. The zero-order valence-electron chi connectivity index (χ0n) is 12.8. The number of rotatable bonds is 5. The number of hydrogen-bond donors (Lipinski definition) is 2. The van der Waals surface area contributed by atoms with E-state index in [1.54, 1.807) is 7.05 Å². The second kappa shape index (κ2) is 10.5. The molecule has 1 fully saturated rings. The summed E-state index contributed by atoms with van der Waals surface area (Å²) >= 11 is 0. The van der Waals surface area contributed by atoms with Crippen LogP contribution < -0.4 is 10.6 Å². The van der Waals surface area contributed by atoms with Gasteiger partial charge in [0, 0.05) is 20.1 Å². The highest BCUT2D eigenvalue weighted by Crippen LogP contribution is 2.30. The van der Waals surface area contributed by atoms with Crippen molar-refractivity contribution in [2.45, 2.75) is 51.6 Å². The maximum atomic E-state index is 12.1. The van der Waals surface area contributed by atoms with Crippen LogP contribution in [0.4, 0.5) is 13.2 Å². The van der Waals surface area contributed by atoms with E-state index < -0.39 is 12.6 Å². The predicted molar refractivity (Wildman–Crippen MR) is 91.2 cm³/mol. The van der Waals surface area contributed by atoms with Gasteiger partial charge < -0.3 is 10.6 Å². The van der Waals surface area contributed by atoms with Gasteiger partial charge in [-0.1, -0.05) is 26.2 Å². The first-order valence-corrected chi connectivity index (χ1v) is 7.46. The van der Waals surface area contributed by atoms with Crippen molar-refractivity contribution in [2.75, 3.05) is 20.1 Å². The van der Waals surface area contributed by atoms with Crippen LogP contribution in [0.25, 0.3) is 0 Å². The van der Waals surface area contributed by atoms with E-state index in [4.69, 9.17) is 0 Å². The second-order valence-corrected chi connectivity index (χ2v) is 5.54. The SMILES string of the molecule is CCC1CCC(CNC(=NC)NCCC(F)(F)F)CC1.I. The van der Waals surface area contributed by atoms with Gasteiger partial charge in [0.25, 0.3) is 0 Å². The van der Waals surface area contributed by atoms with Crippen molar-refractivity contribution in [2.24, 2.45) is 16.8 Å². The lowest BCUT2D eigenvalue weighted by Gasteiger charge is -2.28. The van der Waals surface area contributed by atoms with Gasteiger partial charge in [0.2, 0.25) is 0 Å². The van der Waals surface area contributed by atoms with E-state index in [0.717, 1.165) is 12.5 Å². The zero-order chi connectivity index (χ0) is 15.0. The Morgan fingerprint density at radius 2 is 1.67 bits per heavy atom. The summed E-state index contributed by atoms with van der Waals surface area (Å²) in [5.41, 5.74) is 0. The van der Waals surface area contributed by atoms with E-state index in [2.05, 4.69) is 22.5 Å². The molecule has 0 unspecified atom stereocenters. The molecule has 0 heterocycles. The van der Waals surface area contributed by atoms with Crippen LogP contribution in [0.3, 0.4) is 0 Å². The first-order valence-electron chi connectivity index (χ1n) is 7.46. The highest BCUT2D eigenvalue weighted by Gasteiger charge is 2.26. The molecule has 0 aromatic rings. The summed E-state index contributed by atoms with van der Waals surface area (Å²) in [6.45, 7) is 2.89. The minimum atomic E-state index is -4.12. The van der Waals surface area contributed by atoms with Crippen molar-refractivity contribution in [3.63, 3.8) is 0 Å². The minimum Gasteiger partial charge on any atom is -0.356 e. The molecule has 3 nitrogen and oxygen atoms in total. The molecule has 126 valence electrons. The first-order chi connectivity index (χ1) is 9.44. The highest BCUT2D eigenvalue weighted by molar-refractivity contribution is 14.0.